The van der Waals surface area contributed by atoms with Gasteiger partial charge in [0.2, 0.25) is 0 Å². The molecule has 0 rings (SSSR count). The Bertz CT molecular complexity index is 347. The van der Waals surface area contributed by atoms with Gasteiger partial charge >= 0.3 is 5.97 Å². The third kappa shape index (κ3) is 5.60. The minimum Gasteiger partial charge on any atom is -0.480 e. The first-order valence-corrected chi connectivity index (χ1v) is 8.34. The molecule has 0 spiro atoms. The molecule has 0 radical (unpaired) electrons. The van der Waals surface area contributed by atoms with Gasteiger partial charge in [-0.2, -0.15) is 0 Å². The minimum atomic E-state index is -3.18. The van der Waals surface area contributed by atoms with E-state index in [0.717, 1.165) is 0 Å². The summed E-state index contributed by atoms with van der Waals surface area (Å²) in [5.41, 5.74) is 0. The molecule has 0 heterocycles. The van der Waals surface area contributed by atoms with Gasteiger partial charge < -0.3 is 5.11 Å². The predicted octanol–water partition coefficient (Wildman–Crippen LogP) is 0.423. The van der Waals surface area contributed by atoms with Crippen molar-refractivity contribution in [3.63, 3.8) is 0 Å². The van der Waals surface area contributed by atoms with E-state index in [0.29, 0.717) is 6.42 Å². The number of hydrogen-bond acceptors (Lipinski definition) is 4. The number of carbonyl (C=O) groups is 1. The first kappa shape index (κ1) is 15.6. The molecule has 0 aromatic heterocycles. The van der Waals surface area contributed by atoms with Gasteiger partial charge in [-0.15, -0.1) is 0 Å². The lowest BCUT2D eigenvalue weighted by atomic mass is 10.3. The molecule has 7 heteroatoms. The van der Waals surface area contributed by atoms with Gasteiger partial charge in [-0.1, -0.05) is 13.8 Å². The van der Waals surface area contributed by atoms with Crippen molar-refractivity contribution in [3.8, 4) is 0 Å². The number of rotatable bonds is 8. The van der Waals surface area contributed by atoms with Crippen molar-refractivity contribution in [3.05, 3.63) is 0 Å². The summed E-state index contributed by atoms with van der Waals surface area (Å²) in [6.07, 6.45) is 0.765. The van der Waals surface area contributed by atoms with Crippen LogP contribution in [-0.4, -0.2) is 46.2 Å². The van der Waals surface area contributed by atoms with Crippen molar-refractivity contribution in [2.75, 3.05) is 17.3 Å². The van der Waals surface area contributed by atoms with Crippen LogP contribution in [0, 0.1) is 0 Å². The Balaban J connectivity index is 4.31. The van der Waals surface area contributed by atoms with Crippen LogP contribution in [0.4, 0.5) is 0 Å². The standard InChI is InChI=1S/C9H18O5S2/c1-3-6-16(13,14)7-5-15(12)8(4-2)9(10)11/h8H,3-7H2,1-2H3,(H,10,11). The van der Waals surface area contributed by atoms with Gasteiger partial charge in [0.1, 0.15) is 5.25 Å². The number of carboxylic acids is 1. The van der Waals surface area contributed by atoms with Crippen LogP contribution in [0.5, 0.6) is 0 Å². The fourth-order valence-corrected chi connectivity index (χ4v) is 4.62. The van der Waals surface area contributed by atoms with Crippen molar-refractivity contribution < 1.29 is 22.5 Å². The molecular formula is C9H18O5S2. The van der Waals surface area contributed by atoms with E-state index in [1.807, 2.05) is 0 Å². The molecule has 0 saturated heterocycles. The zero-order valence-corrected chi connectivity index (χ0v) is 11.1. The molecular weight excluding hydrogens is 252 g/mol. The Morgan fingerprint density at radius 1 is 1.31 bits per heavy atom. The number of sulfone groups is 1. The smallest absolute Gasteiger partial charge is 0.319 e. The molecule has 5 nitrogen and oxygen atoms in total. The molecule has 1 N–H and O–H groups in total. The second-order valence-corrected chi connectivity index (χ2v) is 7.51. The highest BCUT2D eigenvalue weighted by atomic mass is 32.2. The summed E-state index contributed by atoms with van der Waals surface area (Å²) in [6, 6.07) is 0. The maximum Gasteiger partial charge on any atom is 0.319 e. The van der Waals surface area contributed by atoms with Crippen LogP contribution in [0.2, 0.25) is 0 Å². The Morgan fingerprint density at radius 3 is 2.25 bits per heavy atom. The molecule has 0 aliphatic carbocycles. The molecule has 96 valence electrons. The largest absolute Gasteiger partial charge is 0.480 e. The first-order valence-electron chi connectivity index (χ1n) is 5.14. The molecule has 0 saturated carbocycles. The summed E-state index contributed by atoms with van der Waals surface area (Å²) < 4.78 is 34.2. The molecule has 2 unspecified atom stereocenters. The van der Waals surface area contributed by atoms with Crippen LogP contribution >= 0.6 is 0 Å². The van der Waals surface area contributed by atoms with Crippen LogP contribution < -0.4 is 0 Å². The van der Waals surface area contributed by atoms with E-state index in [9.17, 15) is 17.4 Å². The highest BCUT2D eigenvalue weighted by Crippen LogP contribution is 2.04. The van der Waals surface area contributed by atoms with E-state index in [1.54, 1.807) is 13.8 Å². The van der Waals surface area contributed by atoms with Crippen molar-refractivity contribution >= 4 is 26.6 Å². The molecule has 16 heavy (non-hydrogen) atoms. The molecule has 0 fully saturated rings. The van der Waals surface area contributed by atoms with Gasteiger partial charge in [0.25, 0.3) is 0 Å². The summed E-state index contributed by atoms with van der Waals surface area (Å²) in [6.45, 7) is 3.37. The lowest BCUT2D eigenvalue weighted by Gasteiger charge is -2.09. The van der Waals surface area contributed by atoms with Gasteiger partial charge in [-0.05, 0) is 12.8 Å². The van der Waals surface area contributed by atoms with Gasteiger partial charge in [-0.25, -0.2) is 8.42 Å². The highest BCUT2D eigenvalue weighted by molar-refractivity contribution is 7.93. The Kier molecular flexibility index (Phi) is 6.82. The SMILES string of the molecule is CCCS(=O)(=O)CCS(=O)C(CC)C(=O)O. The number of aliphatic carboxylic acids is 1. The van der Waals surface area contributed by atoms with Crippen molar-refractivity contribution in [1.29, 1.82) is 0 Å². The summed E-state index contributed by atoms with van der Waals surface area (Å²) >= 11 is 0. The van der Waals surface area contributed by atoms with E-state index in [1.165, 1.54) is 0 Å². The Morgan fingerprint density at radius 2 is 1.88 bits per heavy atom. The van der Waals surface area contributed by atoms with E-state index in [4.69, 9.17) is 5.11 Å². The fourth-order valence-electron chi connectivity index (χ4n) is 1.24. The van der Waals surface area contributed by atoms with E-state index in [2.05, 4.69) is 0 Å². The molecule has 0 amide bonds. The molecule has 0 bridgehead atoms. The average molecular weight is 270 g/mol. The summed E-state index contributed by atoms with van der Waals surface area (Å²) in [5.74, 6) is -1.35. The normalized spacial score (nSPS) is 15.6. The molecule has 0 aromatic carbocycles. The Labute approximate surface area is 98.6 Å². The van der Waals surface area contributed by atoms with Crippen LogP contribution in [0.15, 0.2) is 0 Å². The lowest BCUT2D eigenvalue weighted by Crippen LogP contribution is -2.29. The molecule has 0 aliphatic heterocycles. The maximum atomic E-state index is 11.5. The second kappa shape index (κ2) is 7.01. The van der Waals surface area contributed by atoms with Crippen LogP contribution in [0.1, 0.15) is 26.7 Å². The topological polar surface area (TPSA) is 88.5 Å². The van der Waals surface area contributed by atoms with Crippen molar-refractivity contribution in [2.24, 2.45) is 0 Å². The van der Waals surface area contributed by atoms with E-state index >= 15 is 0 Å². The van der Waals surface area contributed by atoms with Gasteiger partial charge in [0.15, 0.2) is 9.84 Å². The van der Waals surface area contributed by atoms with Crippen molar-refractivity contribution in [1.82, 2.24) is 0 Å². The summed E-state index contributed by atoms with van der Waals surface area (Å²) in [4.78, 5) is 10.7. The molecule has 0 aliphatic rings. The number of carboxylic acid groups (broad SMARTS) is 1. The predicted molar refractivity (Wildman–Crippen MR) is 63.7 cm³/mol. The second-order valence-electron chi connectivity index (χ2n) is 3.47. The molecule has 2 atom stereocenters. The van der Waals surface area contributed by atoms with Crippen LogP contribution in [0.3, 0.4) is 0 Å². The average Bonchev–Trinajstić information content (AvgIpc) is 2.15. The summed E-state index contributed by atoms with van der Waals surface area (Å²) in [5, 5.41) is 7.77. The van der Waals surface area contributed by atoms with E-state index in [-0.39, 0.29) is 23.7 Å². The maximum absolute atomic E-state index is 11.5. The fraction of sp³-hybridized carbons (Fsp3) is 0.889. The minimum absolute atomic E-state index is 0.0636. The zero-order chi connectivity index (χ0) is 12.8. The monoisotopic (exact) mass is 270 g/mol. The third-order valence-corrected chi connectivity index (χ3v) is 5.97. The van der Waals surface area contributed by atoms with Crippen LogP contribution in [0.25, 0.3) is 0 Å². The van der Waals surface area contributed by atoms with Gasteiger partial charge in [-0.3, -0.25) is 9.00 Å². The highest BCUT2D eigenvalue weighted by Gasteiger charge is 2.23. The first-order chi connectivity index (χ1) is 7.34. The third-order valence-electron chi connectivity index (χ3n) is 2.07. The van der Waals surface area contributed by atoms with Gasteiger partial charge in [0, 0.05) is 22.3 Å². The lowest BCUT2D eigenvalue weighted by molar-refractivity contribution is -0.136. The van der Waals surface area contributed by atoms with Crippen molar-refractivity contribution in [2.45, 2.75) is 31.9 Å². The molecule has 0 aromatic rings. The summed E-state index contributed by atoms with van der Waals surface area (Å²) in [7, 11) is -4.80. The van der Waals surface area contributed by atoms with E-state index < -0.39 is 31.9 Å². The quantitative estimate of drug-likeness (QED) is 0.690. The zero-order valence-electron chi connectivity index (χ0n) is 9.51. The number of hydrogen-bond donors (Lipinski definition) is 1. The Hall–Kier alpha value is -0.430. The van der Waals surface area contributed by atoms with Gasteiger partial charge in [0.05, 0.1) is 5.75 Å². The van der Waals surface area contributed by atoms with Crippen LogP contribution in [-0.2, 0) is 25.4 Å².